The lowest BCUT2D eigenvalue weighted by atomic mass is 10.0. The second-order valence-electron chi connectivity index (χ2n) is 7.81. The lowest BCUT2D eigenvalue weighted by Crippen LogP contribution is -2.48. The van der Waals surface area contributed by atoms with E-state index in [0.29, 0.717) is 0 Å². The number of morpholine rings is 1. The SMILES string of the molecule is CN=C(NCC(c1ccc(OC)cc1)N1CCOCC1)N1CCc2ccccc2C1.I. The maximum atomic E-state index is 5.58. The third-order valence-corrected chi connectivity index (χ3v) is 6.08. The van der Waals surface area contributed by atoms with Crippen LogP contribution in [0.3, 0.4) is 0 Å². The number of nitrogens with one attached hydrogen (secondary N) is 1. The number of nitrogens with zero attached hydrogens (tertiary/aromatic N) is 3. The predicted molar refractivity (Wildman–Crippen MR) is 135 cm³/mol. The van der Waals surface area contributed by atoms with Crippen LogP contribution in [0.1, 0.15) is 22.7 Å². The minimum Gasteiger partial charge on any atom is -0.497 e. The first kappa shape index (κ1) is 23.8. The number of guanidine groups is 1. The molecule has 0 radical (unpaired) electrons. The molecule has 6 nitrogen and oxygen atoms in total. The van der Waals surface area contributed by atoms with Gasteiger partial charge in [-0.15, -0.1) is 24.0 Å². The Kier molecular flexibility index (Phi) is 8.98. The summed E-state index contributed by atoms with van der Waals surface area (Å²) in [4.78, 5) is 9.44. The number of hydrogen-bond acceptors (Lipinski definition) is 4. The molecule has 31 heavy (non-hydrogen) atoms. The van der Waals surface area contributed by atoms with Crippen molar-refractivity contribution in [3.63, 3.8) is 0 Å². The highest BCUT2D eigenvalue weighted by Gasteiger charge is 2.25. The summed E-state index contributed by atoms with van der Waals surface area (Å²) in [5.41, 5.74) is 4.13. The van der Waals surface area contributed by atoms with E-state index in [4.69, 9.17) is 9.47 Å². The van der Waals surface area contributed by atoms with Gasteiger partial charge in [0.25, 0.3) is 0 Å². The molecule has 1 fully saturated rings. The molecule has 2 aliphatic heterocycles. The Morgan fingerprint density at radius 3 is 2.45 bits per heavy atom. The summed E-state index contributed by atoms with van der Waals surface area (Å²) in [6.07, 6.45) is 1.06. The summed E-state index contributed by atoms with van der Waals surface area (Å²) in [5.74, 6) is 1.85. The first-order valence-electron chi connectivity index (χ1n) is 10.8. The lowest BCUT2D eigenvalue weighted by Gasteiger charge is -2.37. The van der Waals surface area contributed by atoms with Gasteiger partial charge in [0.05, 0.1) is 26.4 Å². The minimum atomic E-state index is 0. The Bertz CT molecular complexity index is 853. The molecule has 0 spiro atoms. The van der Waals surface area contributed by atoms with Crippen molar-refractivity contribution in [1.29, 1.82) is 0 Å². The molecule has 0 bridgehead atoms. The molecule has 0 aromatic heterocycles. The van der Waals surface area contributed by atoms with Gasteiger partial charge in [-0.05, 0) is 35.2 Å². The second kappa shape index (κ2) is 11.7. The highest BCUT2D eigenvalue weighted by atomic mass is 127. The normalized spacial score (nSPS) is 18.0. The van der Waals surface area contributed by atoms with Gasteiger partial charge in [0, 0.05) is 39.8 Å². The number of hydrogen-bond donors (Lipinski definition) is 1. The summed E-state index contributed by atoms with van der Waals surface area (Å²) < 4.78 is 10.9. The largest absolute Gasteiger partial charge is 0.497 e. The standard InChI is InChI=1S/C24H32N4O2.HI/c1-25-24(28-12-11-19-5-3-4-6-21(19)18-28)26-17-23(27-13-15-30-16-14-27)20-7-9-22(29-2)10-8-20;/h3-10,23H,11-18H2,1-2H3,(H,25,26);1H. The van der Waals surface area contributed by atoms with Crippen molar-refractivity contribution >= 4 is 29.9 Å². The van der Waals surface area contributed by atoms with E-state index in [9.17, 15) is 0 Å². The zero-order valence-corrected chi connectivity index (χ0v) is 20.7. The van der Waals surface area contributed by atoms with Crippen LogP contribution < -0.4 is 10.1 Å². The molecule has 1 unspecified atom stereocenters. The number of ether oxygens (including phenoxy) is 2. The number of rotatable bonds is 5. The third kappa shape index (κ3) is 5.90. The van der Waals surface area contributed by atoms with Crippen molar-refractivity contribution in [1.82, 2.24) is 15.1 Å². The van der Waals surface area contributed by atoms with Crippen molar-refractivity contribution in [2.24, 2.45) is 4.99 Å². The molecule has 4 rings (SSSR count). The fraction of sp³-hybridized carbons (Fsp3) is 0.458. The number of aliphatic imine (C=N–C) groups is 1. The highest BCUT2D eigenvalue weighted by Crippen LogP contribution is 2.24. The zero-order chi connectivity index (χ0) is 20.8. The van der Waals surface area contributed by atoms with Gasteiger partial charge in [0.1, 0.15) is 5.75 Å². The molecule has 2 heterocycles. The van der Waals surface area contributed by atoms with Crippen molar-refractivity contribution < 1.29 is 9.47 Å². The first-order chi connectivity index (χ1) is 14.8. The summed E-state index contributed by atoms with van der Waals surface area (Å²) in [6.45, 7) is 6.13. The molecular formula is C24H33IN4O2. The van der Waals surface area contributed by atoms with Gasteiger partial charge < -0.3 is 19.7 Å². The average molecular weight is 536 g/mol. The van der Waals surface area contributed by atoms with Crippen molar-refractivity contribution in [2.75, 3.05) is 53.6 Å². The van der Waals surface area contributed by atoms with E-state index in [2.05, 4.69) is 56.5 Å². The second-order valence-corrected chi connectivity index (χ2v) is 7.81. The number of benzene rings is 2. The zero-order valence-electron chi connectivity index (χ0n) is 18.4. The van der Waals surface area contributed by atoms with Gasteiger partial charge in [0.2, 0.25) is 0 Å². The van der Waals surface area contributed by atoms with Gasteiger partial charge >= 0.3 is 0 Å². The van der Waals surface area contributed by atoms with Crippen molar-refractivity contribution in [3.8, 4) is 5.75 Å². The monoisotopic (exact) mass is 536 g/mol. The van der Waals surface area contributed by atoms with E-state index in [1.54, 1.807) is 7.11 Å². The molecule has 2 aromatic rings. The van der Waals surface area contributed by atoms with Crippen molar-refractivity contribution in [2.45, 2.75) is 19.0 Å². The summed E-state index contributed by atoms with van der Waals surface area (Å²) in [7, 11) is 3.58. The summed E-state index contributed by atoms with van der Waals surface area (Å²) >= 11 is 0. The maximum Gasteiger partial charge on any atom is 0.194 e. The first-order valence-corrected chi connectivity index (χ1v) is 10.8. The minimum absolute atomic E-state index is 0. The smallest absolute Gasteiger partial charge is 0.194 e. The fourth-order valence-corrected chi connectivity index (χ4v) is 4.37. The molecule has 1 N–H and O–H groups in total. The number of methoxy groups -OCH3 is 1. The summed E-state index contributed by atoms with van der Waals surface area (Å²) in [6, 6.07) is 17.4. The van der Waals surface area contributed by atoms with Crippen LogP contribution in [-0.2, 0) is 17.7 Å². The van der Waals surface area contributed by atoms with E-state index in [1.807, 2.05) is 19.2 Å². The van der Waals surface area contributed by atoms with Gasteiger partial charge in [-0.1, -0.05) is 36.4 Å². The highest BCUT2D eigenvalue weighted by molar-refractivity contribution is 14.0. The quantitative estimate of drug-likeness (QED) is 0.361. The van der Waals surface area contributed by atoms with Gasteiger partial charge in [-0.3, -0.25) is 9.89 Å². The van der Waals surface area contributed by atoms with Crippen molar-refractivity contribution in [3.05, 3.63) is 65.2 Å². The molecule has 7 heteroatoms. The molecular weight excluding hydrogens is 503 g/mol. The van der Waals surface area contributed by atoms with Gasteiger partial charge in [-0.2, -0.15) is 0 Å². The third-order valence-electron chi connectivity index (χ3n) is 6.08. The van der Waals surface area contributed by atoms with E-state index in [-0.39, 0.29) is 30.0 Å². The Morgan fingerprint density at radius 2 is 1.77 bits per heavy atom. The lowest BCUT2D eigenvalue weighted by molar-refractivity contribution is 0.0168. The van der Waals surface area contributed by atoms with Crippen LogP contribution in [0.5, 0.6) is 5.75 Å². The van der Waals surface area contributed by atoms with E-state index in [1.165, 1.54) is 16.7 Å². The maximum absolute atomic E-state index is 5.58. The molecule has 1 atom stereocenters. The number of halogens is 1. The molecule has 1 saturated heterocycles. The molecule has 0 saturated carbocycles. The molecule has 2 aromatic carbocycles. The Morgan fingerprint density at radius 1 is 1.06 bits per heavy atom. The average Bonchev–Trinajstić information content (AvgIpc) is 2.82. The van der Waals surface area contributed by atoms with Crippen LogP contribution in [0.25, 0.3) is 0 Å². The van der Waals surface area contributed by atoms with E-state index in [0.717, 1.165) is 64.1 Å². The van der Waals surface area contributed by atoms with E-state index >= 15 is 0 Å². The van der Waals surface area contributed by atoms with Crippen LogP contribution in [0, 0.1) is 0 Å². The molecule has 0 aliphatic carbocycles. The van der Waals surface area contributed by atoms with E-state index < -0.39 is 0 Å². The van der Waals surface area contributed by atoms with Crippen LogP contribution in [0.15, 0.2) is 53.5 Å². The Balaban J connectivity index is 0.00000272. The van der Waals surface area contributed by atoms with Gasteiger partial charge in [-0.25, -0.2) is 0 Å². The molecule has 0 amide bonds. The molecule has 2 aliphatic rings. The van der Waals surface area contributed by atoms with Crippen LogP contribution >= 0.6 is 24.0 Å². The molecule has 168 valence electrons. The van der Waals surface area contributed by atoms with Crippen LogP contribution in [0.4, 0.5) is 0 Å². The Labute approximate surface area is 202 Å². The van der Waals surface area contributed by atoms with Gasteiger partial charge in [0.15, 0.2) is 5.96 Å². The summed E-state index contributed by atoms with van der Waals surface area (Å²) in [5, 5.41) is 3.66. The van der Waals surface area contributed by atoms with Crippen LogP contribution in [-0.4, -0.2) is 69.3 Å². The van der Waals surface area contributed by atoms with Crippen LogP contribution in [0.2, 0.25) is 0 Å². The predicted octanol–water partition coefficient (Wildman–Crippen LogP) is 3.32. The number of fused-ring (bicyclic) bond motifs is 1. The topological polar surface area (TPSA) is 49.3 Å². The fourth-order valence-electron chi connectivity index (χ4n) is 4.37. The Hall–Kier alpha value is -1.84.